The van der Waals surface area contributed by atoms with E-state index < -0.39 is 5.91 Å². The number of hydrogen-bond donors (Lipinski definition) is 1. The Bertz CT molecular complexity index is 620. The lowest BCUT2D eigenvalue weighted by Crippen LogP contribution is -2.05. The summed E-state index contributed by atoms with van der Waals surface area (Å²) in [6.07, 6.45) is 2.84. The smallest absolute Gasteiger partial charge is 0.241 e. The van der Waals surface area contributed by atoms with Crippen LogP contribution < -0.4 is 5.73 Å². The first-order chi connectivity index (χ1) is 8.08. The quantitative estimate of drug-likeness (QED) is 0.654. The highest BCUT2D eigenvalue weighted by molar-refractivity contribution is 6.31. The number of aryl methyl sites for hydroxylation is 1. The normalized spacial score (nSPS) is 11.2. The summed E-state index contributed by atoms with van der Waals surface area (Å²) in [5.41, 5.74) is 7.66. The molecule has 1 aromatic carbocycles. The zero-order valence-electron chi connectivity index (χ0n) is 9.27. The zero-order chi connectivity index (χ0) is 12.4. The predicted octanol–water partition coefficient (Wildman–Crippen LogP) is 2.70. The van der Waals surface area contributed by atoms with E-state index in [1.807, 2.05) is 31.2 Å². The van der Waals surface area contributed by atoms with E-state index in [1.165, 1.54) is 6.08 Å². The van der Waals surface area contributed by atoms with Crippen LogP contribution in [0.4, 0.5) is 0 Å². The summed E-state index contributed by atoms with van der Waals surface area (Å²) in [5.74, 6) is -0.509. The molecule has 3 nitrogen and oxygen atoms in total. The third-order valence-electron chi connectivity index (χ3n) is 2.46. The maximum Gasteiger partial charge on any atom is 0.241 e. The van der Waals surface area contributed by atoms with Crippen LogP contribution in [0.2, 0.25) is 5.15 Å². The third kappa shape index (κ3) is 2.45. The minimum atomic E-state index is -0.509. The van der Waals surface area contributed by atoms with Gasteiger partial charge in [0.05, 0.1) is 5.52 Å². The van der Waals surface area contributed by atoms with Crippen LogP contribution >= 0.6 is 11.6 Å². The van der Waals surface area contributed by atoms with Crippen LogP contribution in [0.3, 0.4) is 0 Å². The van der Waals surface area contributed by atoms with E-state index in [9.17, 15) is 4.79 Å². The molecule has 86 valence electrons. The fourth-order valence-corrected chi connectivity index (χ4v) is 1.83. The molecule has 0 atom stereocenters. The lowest BCUT2D eigenvalue weighted by molar-refractivity contribution is -0.113. The Kier molecular flexibility index (Phi) is 3.11. The number of pyridine rings is 1. The molecule has 0 spiro atoms. The molecule has 0 radical (unpaired) electrons. The molecule has 0 saturated heterocycles. The molecule has 0 aliphatic rings. The van der Waals surface area contributed by atoms with Gasteiger partial charge in [0.15, 0.2) is 0 Å². The second-order valence-electron chi connectivity index (χ2n) is 3.75. The molecule has 0 aliphatic carbocycles. The van der Waals surface area contributed by atoms with E-state index >= 15 is 0 Å². The lowest BCUT2D eigenvalue weighted by Gasteiger charge is -2.04. The Morgan fingerprint density at radius 1 is 1.47 bits per heavy atom. The average molecular weight is 247 g/mol. The molecular formula is C13H11ClN2O. The molecule has 0 aliphatic heterocycles. The highest BCUT2D eigenvalue weighted by Crippen LogP contribution is 2.23. The highest BCUT2D eigenvalue weighted by Gasteiger charge is 2.04. The first kappa shape index (κ1) is 11.6. The average Bonchev–Trinajstić information content (AvgIpc) is 2.28. The number of benzene rings is 1. The van der Waals surface area contributed by atoms with Crippen LogP contribution in [0.15, 0.2) is 30.3 Å². The second-order valence-corrected chi connectivity index (χ2v) is 4.11. The van der Waals surface area contributed by atoms with E-state index in [1.54, 1.807) is 6.08 Å². The molecule has 17 heavy (non-hydrogen) atoms. The van der Waals surface area contributed by atoms with E-state index in [4.69, 9.17) is 17.3 Å². The molecule has 1 aromatic heterocycles. The van der Waals surface area contributed by atoms with Gasteiger partial charge >= 0.3 is 0 Å². The molecule has 2 N–H and O–H groups in total. The first-order valence-corrected chi connectivity index (χ1v) is 5.49. The minimum absolute atomic E-state index is 0.365. The maximum absolute atomic E-state index is 10.7. The summed E-state index contributed by atoms with van der Waals surface area (Å²) < 4.78 is 0. The zero-order valence-corrected chi connectivity index (χ0v) is 10.0. The van der Waals surface area contributed by atoms with Crippen molar-refractivity contribution in [1.82, 2.24) is 4.98 Å². The van der Waals surface area contributed by atoms with Crippen molar-refractivity contribution < 1.29 is 4.79 Å². The summed E-state index contributed by atoms with van der Waals surface area (Å²) >= 11 is 6.04. The standard InChI is InChI=1S/C13H11ClN2O/c1-8-3-2-4-9-7-10(5-6-11(15)17)13(14)16-12(8)9/h2-7H,1H3,(H2,15,17)/b6-5+. The predicted molar refractivity (Wildman–Crippen MR) is 69.7 cm³/mol. The summed E-state index contributed by atoms with van der Waals surface area (Å²) in [6.45, 7) is 1.98. The Balaban J connectivity index is 2.60. The summed E-state index contributed by atoms with van der Waals surface area (Å²) in [7, 11) is 0. The van der Waals surface area contributed by atoms with Gasteiger partial charge in [-0.05, 0) is 24.6 Å². The van der Waals surface area contributed by atoms with Gasteiger partial charge < -0.3 is 5.73 Å². The van der Waals surface area contributed by atoms with Gasteiger partial charge in [0.1, 0.15) is 5.15 Å². The summed E-state index contributed by atoms with van der Waals surface area (Å²) in [5, 5.41) is 1.35. The highest BCUT2D eigenvalue weighted by atomic mass is 35.5. The number of nitrogens with two attached hydrogens (primary N) is 1. The molecule has 0 saturated carbocycles. The van der Waals surface area contributed by atoms with Crippen molar-refractivity contribution in [2.45, 2.75) is 6.92 Å². The number of fused-ring (bicyclic) bond motifs is 1. The van der Waals surface area contributed by atoms with Crippen molar-refractivity contribution >= 4 is 34.5 Å². The largest absolute Gasteiger partial charge is 0.366 e. The molecule has 1 heterocycles. The molecule has 4 heteroatoms. The van der Waals surface area contributed by atoms with Gasteiger partial charge in [-0.1, -0.05) is 29.8 Å². The number of amides is 1. The van der Waals surface area contributed by atoms with Gasteiger partial charge in [-0.25, -0.2) is 4.98 Å². The molecule has 0 bridgehead atoms. The number of nitrogens with zero attached hydrogens (tertiary/aromatic N) is 1. The lowest BCUT2D eigenvalue weighted by atomic mass is 10.1. The first-order valence-electron chi connectivity index (χ1n) is 5.11. The number of hydrogen-bond acceptors (Lipinski definition) is 2. The number of rotatable bonds is 2. The fourth-order valence-electron chi connectivity index (χ4n) is 1.63. The van der Waals surface area contributed by atoms with Gasteiger partial charge in [-0.15, -0.1) is 0 Å². The van der Waals surface area contributed by atoms with Crippen LogP contribution in [0.1, 0.15) is 11.1 Å². The van der Waals surface area contributed by atoms with Crippen molar-refractivity contribution in [3.05, 3.63) is 46.6 Å². The maximum atomic E-state index is 10.7. The molecule has 2 aromatic rings. The van der Waals surface area contributed by atoms with Crippen molar-refractivity contribution in [2.24, 2.45) is 5.73 Å². The third-order valence-corrected chi connectivity index (χ3v) is 2.76. The number of aromatic nitrogens is 1. The molecule has 1 amide bonds. The molecule has 2 rings (SSSR count). The van der Waals surface area contributed by atoms with Crippen LogP contribution in [-0.4, -0.2) is 10.9 Å². The minimum Gasteiger partial charge on any atom is -0.366 e. The van der Waals surface area contributed by atoms with Crippen molar-refractivity contribution in [3.63, 3.8) is 0 Å². The Morgan fingerprint density at radius 2 is 2.24 bits per heavy atom. The van der Waals surface area contributed by atoms with Crippen molar-refractivity contribution in [2.75, 3.05) is 0 Å². The van der Waals surface area contributed by atoms with E-state index in [0.29, 0.717) is 10.7 Å². The van der Waals surface area contributed by atoms with Crippen LogP contribution in [0.25, 0.3) is 17.0 Å². The molecular weight excluding hydrogens is 236 g/mol. The van der Waals surface area contributed by atoms with E-state index in [0.717, 1.165) is 16.5 Å². The van der Waals surface area contributed by atoms with Gasteiger partial charge in [-0.2, -0.15) is 0 Å². The number of para-hydroxylation sites is 1. The van der Waals surface area contributed by atoms with Gasteiger partial charge in [-0.3, -0.25) is 4.79 Å². The SMILES string of the molecule is Cc1cccc2cc(/C=C/C(N)=O)c(Cl)nc12. The topological polar surface area (TPSA) is 56.0 Å². The van der Waals surface area contributed by atoms with Gasteiger partial charge in [0.25, 0.3) is 0 Å². The Hall–Kier alpha value is -1.87. The van der Waals surface area contributed by atoms with E-state index in [-0.39, 0.29) is 0 Å². The van der Waals surface area contributed by atoms with Crippen LogP contribution in [0.5, 0.6) is 0 Å². The Labute approximate surface area is 104 Å². The van der Waals surface area contributed by atoms with Gasteiger partial charge in [0.2, 0.25) is 5.91 Å². The number of halogens is 1. The summed E-state index contributed by atoms with van der Waals surface area (Å²) in [4.78, 5) is 15.0. The van der Waals surface area contributed by atoms with Crippen molar-refractivity contribution in [1.29, 1.82) is 0 Å². The molecule has 0 fully saturated rings. The second kappa shape index (κ2) is 4.55. The van der Waals surface area contributed by atoms with Crippen LogP contribution in [-0.2, 0) is 4.79 Å². The monoisotopic (exact) mass is 246 g/mol. The number of carbonyl (C=O) groups is 1. The van der Waals surface area contributed by atoms with Gasteiger partial charge in [0, 0.05) is 17.0 Å². The number of carbonyl (C=O) groups excluding carboxylic acids is 1. The van der Waals surface area contributed by atoms with E-state index in [2.05, 4.69) is 4.98 Å². The van der Waals surface area contributed by atoms with Crippen molar-refractivity contribution in [3.8, 4) is 0 Å². The summed E-state index contributed by atoms with van der Waals surface area (Å²) in [6, 6.07) is 7.77. The molecule has 0 unspecified atom stereocenters. The Morgan fingerprint density at radius 3 is 2.94 bits per heavy atom. The fraction of sp³-hybridized carbons (Fsp3) is 0.0769. The number of primary amides is 1. The van der Waals surface area contributed by atoms with Crippen LogP contribution in [0, 0.1) is 6.92 Å².